The molecule has 1 heteroatoms. The highest BCUT2D eigenvalue weighted by Gasteiger charge is 2.52. The highest BCUT2D eigenvalue weighted by molar-refractivity contribution is 7.93. The lowest BCUT2D eigenvalue weighted by Crippen LogP contribution is -2.34. The van der Waals surface area contributed by atoms with Gasteiger partial charge < -0.3 is 0 Å². The first-order chi connectivity index (χ1) is 12.4. The molecule has 0 nitrogen and oxygen atoms in total. The summed E-state index contributed by atoms with van der Waals surface area (Å²) in [6, 6.07) is 22.9. The summed E-state index contributed by atoms with van der Waals surface area (Å²) in [6.45, 7) is 0. The van der Waals surface area contributed by atoms with Crippen molar-refractivity contribution in [2.75, 3.05) is 0 Å². The van der Waals surface area contributed by atoms with Crippen LogP contribution in [0.4, 0.5) is 0 Å². The van der Waals surface area contributed by atoms with Gasteiger partial charge in [0.15, 0.2) is 0 Å². The zero-order valence-electron chi connectivity index (χ0n) is 15.0. The molecule has 0 bridgehead atoms. The van der Waals surface area contributed by atoms with Gasteiger partial charge in [0, 0.05) is 0 Å². The highest BCUT2D eigenvalue weighted by Crippen LogP contribution is 2.70. The number of rotatable bonds is 4. The molecule has 25 heavy (non-hydrogen) atoms. The molecule has 0 N–H and O–H groups in total. The second kappa shape index (κ2) is 7.71. The zero-order valence-corrected chi connectivity index (χ0v) is 15.9. The Morgan fingerprint density at radius 3 is 1.80 bits per heavy atom. The van der Waals surface area contributed by atoms with Crippen molar-refractivity contribution in [3.05, 3.63) is 84.2 Å². The molecular formula is C24H28P+. The molecule has 0 spiro atoms. The van der Waals surface area contributed by atoms with Crippen molar-refractivity contribution in [1.29, 1.82) is 0 Å². The SMILES string of the molecule is C1=CC([P+](c2ccccc2)(c2ccccc2)C2CCCCC2)=CCC1. The number of hydrogen-bond donors (Lipinski definition) is 0. The van der Waals surface area contributed by atoms with E-state index in [1.165, 1.54) is 44.9 Å². The molecular weight excluding hydrogens is 319 g/mol. The molecule has 0 atom stereocenters. The second-order valence-electron chi connectivity index (χ2n) is 7.29. The molecule has 4 rings (SSSR count). The van der Waals surface area contributed by atoms with Crippen LogP contribution in [0, 0.1) is 0 Å². The maximum absolute atomic E-state index is 2.56. The van der Waals surface area contributed by atoms with Crippen molar-refractivity contribution in [2.45, 2.75) is 50.6 Å². The summed E-state index contributed by atoms with van der Waals surface area (Å²) in [4.78, 5) is 0. The van der Waals surface area contributed by atoms with Crippen molar-refractivity contribution in [3.63, 3.8) is 0 Å². The van der Waals surface area contributed by atoms with Crippen LogP contribution in [0.2, 0.25) is 0 Å². The Bertz CT molecular complexity index is 697. The van der Waals surface area contributed by atoms with Crippen LogP contribution in [-0.4, -0.2) is 5.66 Å². The summed E-state index contributed by atoms with van der Waals surface area (Å²) in [5.41, 5.74) is 0.792. The van der Waals surface area contributed by atoms with Crippen LogP contribution in [-0.2, 0) is 0 Å². The molecule has 0 heterocycles. The maximum Gasteiger partial charge on any atom is 0.114 e. The third-order valence-electron chi connectivity index (χ3n) is 5.83. The Labute approximate surface area is 153 Å². The molecule has 0 unspecified atom stereocenters. The van der Waals surface area contributed by atoms with Crippen molar-refractivity contribution < 1.29 is 0 Å². The quantitative estimate of drug-likeness (QED) is 0.576. The summed E-state index contributed by atoms with van der Waals surface area (Å²) < 4.78 is 0. The molecule has 2 aliphatic carbocycles. The van der Waals surface area contributed by atoms with E-state index in [4.69, 9.17) is 0 Å². The van der Waals surface area contributed by atoms with Crippen molar-refractivity contribution >= 4 is 17.9 Å². The monoisotopic (exact) mass is 347 g/mol. The van der Waals surface area contributed by atoms with Gasteiger partial charge in [0.05, 0.1) is 5.66 Å². The summed E-state index contributed by atoms with van der Waals surface area (Å²) >= 11 is 0. The first-order valence-corrected chi connectivity index (χ1v) is 11.7. The first-order valence-electron chi connectivity index (χ1n) is 9.79. The van der Waals surface area contributed by atoms with Crippen LogP contribution in [0.5, 0.6) is 0 Å². The standard InChI is InChI=1S/C24H28P/c1-5-13-21(14-6-1)25(22-15-7-2-8-16-22,23-17-9-3-10-18-23)24-19-11-4-12-20-24/h1-2,5-9,13-18,24H,3-4,10-12,19-20H2/q+1. The average molecular weight is 347 g/mol. The minimum atomic E-state index is -1.58. The van der Waals surface area contributed by atoms with Crippen molar-refractivity contribution in [3.8, 4) is 0 Å². The van der Waals surface area contributed by atoms with E-state index in [0.717, 1.165) is 5.66 Å². The molecule has 0 radical (unpaired) electrons. The van der Waals surface area contributed by atoms with Crippen LogP contribution in [0.3, 0.4) is 0 Å². The molecule has 1 fully saturated rings. The van der Waals surface area contributed by atoms with Gasteiger partial charge in [-0.25, -0.2) is 0 Å². The lowest BCUT2D eigenvalue weighted by Gasteiger charge is -2.37. The van der Waals surface area contributed by atoms with Gasteiger partial charge in [0.2, 0.25) is 0 Å². The fourth-order valence-corrected chi connectivity index (χ4v) is 10.1. The molecule has 128 valence electrons. The Morgan fingerprint density at radius 1 is 0.680 bits per heavy atom. The van der Waals surface area contributed by atoms with Gasteiger partial charge in [0.25, 0.3) is 0 Å². The molecule has 0 saturated heterocycles. The summed E-state index contributed by atoms with van der Waals surface area (Å²) in [5, 5.41) is 4.78. The van der Waals surface area contributed by atoms with Crippen LogP contribution >= 0.6 is 7.26 Å². The fourth-order valence-electron chi connectivity index (χ4n) is 4.74. The predicted molar refractivity (Wildman–Crippen MR) is 112 cm³/mol. The van der Waals surface area contributed by atoms with Gasteiger partial charge in [-0.3, -0.25) is 0 Å². The third-order valence-corrected chi connectivity index (χ3v) is 10.8. The molecule has 0 aromatic heterocycles. The first kappa shape index (κ1) is 16.8. The van der Waals surface area contributed by atoms with Crippen molar-refractivity contribution in [1.82, 2.24) is 0 Å². The highest BCUT2D eigenvalue weighted by atomic mass is 31.2. The fraction of sp³-hybridized carbons (Fsp3) is 0.333. The predicted octanol–water partition coefficient (Wildman–Crippen LogP) is 6.22. The Hall–Kier alpha value is -1.65. The van der Waals surface area contributed by atoms with Crippen LogP contribution in [0.1, 0.15) is 44.9 Å². The smallest absolute Gasteiger partial charge is 0.0803 e. The van der Waals surface area contributed by atoms with E-state index < -0.39 is 7.26 Å². The second-order valence-corrected chi connectivity index (χ2v) is 11.0. The Balaban J connectivity index is 1.97. The lowest BCUT2D eigenvalue weighted by molar-refractivity contribution is 0.511. The molecule has 2 aromatic rings. The van der Waals surface area contributed by atoms with Gasteiger partial charge >= 0.3 is 0 Å². The lowest BCUT2D eigenvalue weighted by atomic mass is 10.0. The van der Waals surface area contributed by atoms with E-state index in [-0.39, 0.29) is 0 Å². The summed E-state index contributed by atoms with van der Waals surface area (Å²) in [6.07, 6.45) is 16.8. The van der Waals surface area contributed by atoms with Gasteiger partial charge in [-0.05, 0) is 74.9 Å². The average Bonchev–Trinajstić information content (AvgIpc) is 2.72. The van der Waals surface area contributed by atoms with Crippen molar-refractivity contribution in [2.24, 2.45) is 0 Å². The van der Waals surface area contributed by atoms with Gasteiger partial charge in [-0.15, -0.1) is 0 Å². The molecule has 2 aliphatic rings. The molecule has 2 aromatic carbocycles. The maximum atomic E-state index is 2.56. The van der Waals surface area contributed by atoms with Crippen LogP contribution in [0.25, 0.3) is 0 Å². The number of allylic oxidation sites excluding steroid dienone is 4. The Kier molecular flexibility index (Phi) is 5.18. The van der Waals surface area contributed by atoms with Gasteiger partial charge in [-0.2, -0.15) is 0 Å². The van der Waals surface area contributed by atoms with Crippen LogP contribution in [0.15, 0.2) is 84.2 Å². The Morgan fingerprint density at radius 2 is 1.28 bits per heavy atom. The van der Waals surface area contributed by atoms with E-state index in [0.29, 0.717) is 0 Å². The van der Waals surface area contributed by atoms with Gasteiger partial charge in [-0.1, -0.05) is 48.9 Å². The minimum absolute atomic E-state index is 0.792. The van der Waals surface area contributed by atoms with Gasteiger partial charge in [0.1, 0.15) is 23.2 Å². The molecule has 0 aliphatic heterocycles. The van der Waals surface area contributed by atoms with E-state index in [9.17, 15) is 0 Å². The van der Waals surface area contributed by atoms with Crippen LogP contribution < -0.4 is 10.6 Å². The summed E-state index contributed by atoms with van der Waals surface area (Å²) in [7, 11) is -1.58. The number of benzene rings is 2. The molecule has 1 saturated carbocycles. The third kappa shape index (κ3) is 3.13. The number of hydrogen-bond acceptors (Lipinski definition) is 0. The molecule has 0 amide bonds. The van der Waals surface area contributed by atoms with E-state index in [1.54, 1.807) is 15.9 Å². The normalized spacial score (nSPS) is 18.8. The zero-order chi connectivity index (χ0) is 17.0. The van der Waals surface area contributed by atoms with E-state index in [2.05, 4.69) is 78.9 Å². The minimum Gasteiger partial charge on any atom is -0.0803 e. The van der Waals surface area contributed by atoms with E-state index >= 15 is 0 Å². The van der Waals surface area contributed by atoms with E-state index in [1.807, 2.05) is 0 Å². The largest absolute Gasteiger partial charge is 0.114 e. The summed E-state index contributed by atoms with van der Waals surface area (Å²) in [5.74, 6) is 0. The topological polar surface area (TPSA) is 0 Å².